The van der Waals surface area contributed by atoms with E-state index in [9.17, 15) is 4.79 Å². The van der Waals surface area contributed by atoms with Gasteiger partial charge in [0.2, 0.25) is 0 Å². The van der Waals surface area contributed by atoms with Crippen LogP contribution in [-0.4, -0.2) is 15.7 Å². The van der Waals surface area contributed by atoms with E-state index in [0.717, 1.165) is 16.8 Å². The van der Waals surface area contributed by atoms with Gasteiger partial charge in [0.05, 0.1) is 17.4 Å². The first-order valence-corrected chi connectivity index (χ1v) is 7.43. The van der Waals surface area contributed by atoms with Gasteiger partial charge >= 0.3 is 0 Å². The van der Waals surface area contributed by atoms with Crippen LogP contribution < -0.4 is 11.1 Å². The Hall–Kier alpha value is -2.92. The first-order valence-electron chi connectivity index (χ1n) is 7.43. The summed E-state index contributed by atoms with van der Waals surface area (Å²) < 4.78 is 1.68. The van der Waals surface area contributed by atoms with Gasteiger partial charge in [-0.1, -0.05) is 42.5 Å². The minimum atomic E-state index is -0.130. The van der Waals surface area contributed by atoms with Gasteiger partial charge in [-0.25, -0.2) is 4.68 Å². The molecule has 0 saturated carbocycles. The number of nitrogens with zero attached hydrogens (tertiary/aromatic N) is 2. The summed E-state index contributed by atoms with van der Waals surface area (Å²) in [7, 11) is 0. The molecule has 0 spiro atoms. The van der Waals surface area contributed by atoms with Crippen molar-refractivity contribution in [3.05, 3.63) is 83.7 Å². The zero-order valence-electron chi connectivity index (χ0n) is 12.6. The number of carbonyl (C=O) groups excluding carboxylic acids is 1. The number of hydrogen-bond donors (Lipinski definition) is 2. The molecule has 0 fully saturated rings. The van der Waals surface area contributed by atoms with E-state index in [4.69, 9.17) is 5.73 Å². The fraction of sp³-hybridized carbons (Fsp3) is 0.111. The maximum Gasteiger partial charge on any atom is 0.253 e. The van der Waals surface area contributed by atoms with Crippen LogP contribution >= 0.6 is 0 Å². The summed E-state index contributed by atoms with van der Waals surface area (Å²) in [6.07, 6.45) is 3.54. The Kier molecular flexibility index (Phi) is 4.49. The molecule has 5 heteroatoms. The zero-order valence-corrected chi connectivity index (χ0v) is 12.6. The summed E-state index contributed by atoms with van der Waals surface area (Å²) in [5.74, 6) is -0.130. The third-order valence-corrected chi connectivity index (χ3v) is 3.56. The van der Waals surface area contributed by atoms with Crippen molar-refractivity contribution < 1.29 is 4.79 Å². The topological polar surface area (TPSA) is 72.9 Å². The van der Waals surface area contributed by atoms with E-state index in [-0.39, 0.29) is 5.91 Å². The molecule has 0 aliphatic carbocycles. The molecule has 1 heterocycles. The highest BCUT2D eigenvalue weighted by molar-refractivity contribution is 5.97. The van der Waals surface area contributed by atoms with E-state index in [1.165, 1.54) is 0 Å². The lowest BCUT2D eigenvalue weighted by molar-refractivity contribution is 0.0951. The molecule has 1 amide bonds. The van der Waals surface area contributed by atoms with Crippen LogP contribution in [0, 0.1) is 0 Å². The van der Waals surface area contributed by atoms with Crippen LogP contribution in [0.15, 0.2) is 67.0 Å². The van der Waals surface area contributed by atoms with Gasteiger partial charge in [-0.05, 0) is 17.7 Å². The highest BCUT2D eigenvalue weighted by Crippen LogP contribution is 2.14. The van der Waals surface area contributed by atoms with Gasteiger partial charge in [0, 0.05) is 24.8 Å². The number of nitrogens with one attached hydrogen (secondary N) is 1. The molecule has 0 saturated heterocycles. The number of rotatable bonds is 5. The quantitative estimate of drug-likeness (QED) is 0.759. The van der Waals surface area contributed by atoms with E-state index >= 15 is 0 Å². The van der Waals surface area contributed by atoms with Gasteiger partial charge in [-0.2, -0.15) is 5.10 Å². The van der Waals surface area contributed by atoms with Crippen molar-refractivity contribution in [2.75, 3.05) is 0 Å². The summed E-state index contributed by atoms with van der Waals surface area (Å²) in [5, 5.41) is 7.22. The number of aromatic nitrogens is 2. The molecule has 1 aromatic heterocycles. The predicted molar refractivity (Wildman–Crippen MR) is 89.1 cm³/mol. The van der Waals surface area contributed by atoms with Crippen molar-refractivity contribution >= 4 is 5.91 Å². The Morgan fingerprint density at radius 1 is 1.04 bits per heavy atom. The van der Waals surface area contributed by atoms with Gasteiger partial charge in [-0.3, -0.25) is 4.79 Å². The number of nitrogens with two attached hydrogens (primary N) is 1. The standard InChI is InChI=1S/C18H18N4O/c19-10-15-12-21-22(13-15)17-9-5-4-8-16(17)18(23)20-11-14-6-2-1-3-7-14/h1-9,12-13H,10-11,19H2,(H,20,23). The molecule has 3 rings (SSSR count). The molecule has 0 aliphatic heterocycles. The second kappa shape index (κ2) is 6.89. The van der Waals surface area contributed by atoms with E-state index in [1.807, 2.05) is 54.7 Å². The second-order valence-corrected chi connectivity index (χ2v) is 5.18. The van der Waals surface area contributed by atoms with Gasteiger partial charge in [0.1, 0.15) is 0 Å². The Bertz CT molecular complexity index is 796. The van der Waals surface area contributed by atoms with Crippen molar-refractivity contribution in [1.82, 2.24) is 15.1 Å². The van der Waals surface area contributed by atoms with Crippen molar-refractivity contribution in [2.45, 2.75) is 13.1 Å². The summed E-state index contributed by atoms with van der Waals surface area (Å²) in [4.78, 5) is 12.5. The fourth-order valence-electron chi connectivity index (χ4n) is 2.34. The van der Waals surface area contributed by atoms with Gasteiger partial charge < -0.3 is 11.1 Å². The van der Waals surface area contributed by atoms with Crippen molar-refractivity contribution in [1.29, 1.82) is 0 Å². The smallest absolute Gasteiger partial charge is 0.253 e. The lowest BCUT2D eigenvalue weighted by atomic mass is 10.1. The lowest BCUT2D eigenvalue weighted by Gasteiger charge is -2.10. The number of hydrogen-bond acceptors (Lipinski definition) is 3. The van der Waals surface area contributed by atoms with Crippen molar-refractivity contribution in [3.63, 3.8) is 0 Å². The molecule has 0 atom stereocenters. The minimum absolute atomic E-state index is 0.130. The average molecular weight is 306 g/mol. The summed E-state index contributed by atoms with van der Waals surface area (Å²) >= 11 is 0. The summed E-state index contributed by atoms with van der Waals surface area (Å²) in [6.45, 7) is 0.906. The van der Waals surface area contributed by atoms with Crippen LogP contribution in [0.4, 0.5) is 0 Å². The Labute approximate surface area is 134 Å². The SMILES string of the molecule is NCc1cnn(-c2ccccc2C(=O)NCc2ccccc2)c1. The Morgan fingerprint density at radius 2 is 1.78 bits per heavy atom. The van der Waals surface area contributed by atoms with Crippen LogP contribution in [-0.2, 0) is 13.1 Å². The molecule has 5 nitrogen and oxygen atoms in total. The van der Waals surface area contributed by atoms with Gasteiger partial charge in [0.15, 0.2) is 0 Å². The summed E-state index contributed by atoms with van der Waals surface area (Å²) in [6, 6.07) is 17.2. The number of carbonyl (C=O) groups is 1. The minimum Gasteiger partial charge on any atom is -0.348 e. The molecule has 0 bridgehead atoms. The summed E-state index contributed by atoms with van der Waals surface area (Å²) in [5.41, 5.74) is 8.91. The Balaban J connectivity index is 1.80. The highest BCUT2D eigenvalue weighted by atomic mass is 16.1. The van der Waals surface area contributed by atoms with Crippen LogP contribution in [0.2, 0.25) is 0 Å². The first kappa shape index (κ1) is 15.0. The average Bonchev–Trinajstić information content (AvgIpc) is 3.09. The molecular weight excluding hydrogens is 288 g/mol. The molecule has 0 unspecified atom stereocenters. The predicted octanol–water partition coefficient (Wildman–Crippen LogP) is 2.26. The van der Waals surface area contributed by atoms with Crippen LogP contribution in [0.3, 0.4) is 0 Å². The third kappa shape index (κ3) is 3.46. The molecular formula is C18H18N4O. The number of benzene rings is 2. The van der Waals surface area contributed by atoms with E-state index in [1.54, 1.807) is 16.9 Å². The molecule has 0 radical (unpaired) electrons. The maximum absolute atomic E-state index is 12.5. The van der Waals surface area contributed by atoms with E-state index in [0.29, 0.717) is 18.7 Å². The fourth-order valence-corrected chi connectivity index (χ4v) is 2.34. The molecule has 3 N–H and O–H groups in total. The molecule has 23 heavy (non-hydrogen) atoms. The zero-order chi connectivity index (χ0) is 16.1. The van der Waals surface area contributed by atoms with Crippen LogP contribution in [0.1, 0.15) is 21.5 Å². The highest BCUT2D eigenvalue weighted by Gasteiger charge is 2.12. The second-order valence-electron chi connectivity index (χ2n) is 5.18. The monoisotopic (exact) mass is 306 g/mol. The van der Waals surface area contributed by atoms with Crippen LogP contribution in [0.5, 0.6) is 0 Å². The van der Waals surface area contributed by atoms with Gasteiger partial charge in [-0.15, -0.1) is 0 Å². The molecule has 3 aromatic rings. The normalized spacial score (nSPS) is 10.5. The van der Waals surface area contributed by atoms with E-state index < -0.39 is 0 Å². The maximum atomic E-state index is 12.5. The first-order chi connectivity index (χ1) is 11.3. The largest absolute Gasteiger partial charge is 0.348 e. The molecule has 2 aromatic carbocycles. The Morgan fingerprint density at radius 3 is 2.52 bits per heavy atom. The molecule has 116 valence electrons. The number of amides is 1. The molecule has 0 aliphatic rings. The van der Waals surface area contributed by atoms with E-state index in [2.05, 4.69) is 10.4 Å². The van der Waals surface area contributed by atoms with Crippen molar-refractivity contribution in [2.24, 2.45) is 5.73 Å². The number of para-hydroxylation sites is 1. The van der Waals surface area contributed by atoms with Crippen molar-refractivity contribution in [3.8, 4) is 5.69 Å². The van der Waals surface area contributed by atoms with Gasteiger partial charge in [0.25, 0.3) is 5.91 Å². The van der Waals surface area contributed by atoms with Crippen LogP contribution in [0.25, 0.3) is 5.69 Å². The third-order valence-electron chi connectivity index (χ3n) is 3.56. The lowest BCUT2D eigenvalue weighted by Crippen LogP contribution is -2.24.